The molecule has 3 heterocycles. The van der Waals surface area contributed by atoms with Crippen molar-refractivity contribution in [1.82, 2.24) is 14.3 Å². The van der Waals surface area contributed by atoms with E-state index in [0.29, 0.717) is 47.3 Å². The van der Waals surface area contributed by atoms with Crippen LogP contribution in [-0.4, -0.2) is 64.6 Å². The van der Waals surface area contributed by atoms with Gasteiger partial charge in [0, 0.05) is 19.9 Å². The van der Waals surface area contributed by atoms with Crippen LogP contribution in [0.3, 0.4) is 0 Å². The molecule has 4 rings (SSSR count). The number of carbonyl (C=O) groups is 2. The van der Waals surface area contributed by atoms with Crippen LogP contribution in [0.25, 0.3) is 11.4 Å². The Balaban J connectivity index is 1.93. The van der Waals surface area contributed by atoms with Gasteiger partial charge in [-0.1, -0.05) is 12.1 Å². The number of methoxy groups -OCH3 is 1. The Morgan fingerprint density at radius 2 is 1.83 bits per heavy atom. The second kappa shape index (κ2) is 10.2. The number of Topliss-reactive ketones (excluding diaryl/α,β-unsaturated/α-hetero) is 1. The average Bonchev–Trinajstić information content (AvgIpc) is 3.31. The molecule has 3 aromatic rings. The maximum Gasteiger partial charge on any atom is 0.295 e. The fourth-order valence-electron chi connectivity index (χ4n) is 4.41. The van der Waals surface area contributed by atoms with E-state index in [0.717, 1.165) is 0 Å². The van der Waals surface area contributed by atoms with Crippen molar-refractivity contribution in [3.8, 4) is 11.5 Å². The van der Waals surface area contributed by atoms with Gasteiger partial charge in [0.2, 0.25) is 0 Å². The largest absolute Gasteiger partial charge is 0.505 e. The predicted molar refractivity (Wildman–Crippen MR) is 130 cm³/mol. The van der Waals surface area contributed by atoms with Crippen molar-refractivity contribution in [3.63, 3.8) is 0 Å². The van der Waals surface area contributed by atoms with Crippen molar-refractivity contribution in [2.45, 2.75) is 26.8 Å². The first-order valence-electron chi connectivity index (χ1n) is 11.5. The van der Waals surface area contributed by atoms with Gasteiger partial charge in [-0.15, -0.1) is 0 Å². The summed E-state index contributed by atoms with van der Waals surface area (Å²) in [5.74, 6) is -0.691. The summed E-state index contributed by atoms with van der Waals surface area (Å²) >= 11 is 0. The molecule has 1 atom stereocenters. The van der Waals surface area contributed by atoms with E-state index >= 15 is 0 Å². The Morgan fingerprint density at radius 3 is 2.54 bits per heavy atom. The standard InChI is InChI=1S/C26H29N3O6/c1-5-34-18-11-10-17(15-19(18)35-6-2)23-21(25(31)26(32)29(23)13-14-33-4)24(30)22-16(3)27-20-9-7-8-12-28(20)22/h7-12,15,23,30H,5-6,13-14H2,1-4H3. The van der Waals surface area contributed by atoms with Crippen molar-refractivity contribution >= 4 is 23.1 Å². The number of amides is 1. The Hall–Kier alpha value is -3.85. The molecule has 9 heteroatoms. The zero-order chi connectivity index (χ0) is 25.1. The third kappa shape index (κ3) is 4.35. The van der Waals surface area contributed by atoms with E-state index in [-0.39, 0.29) is 24.5 Å². The van der Waals surface area contributed by atoms with Crippen molar-refractivity contribution < 1.29 is 28.9 Å². The van der Waals surface area contributed by atoms with Crippen molar-refractivity contribution in [1.29, 1.82) is 0 Å². The van der Waals surface area contributed by atoms with Crippen LogP contribution in [0.15, 0.2) is 48.2 Å². The maximum atomic E-state index is 13.3. The number of pyridine rings is 1. The van der Waals surface area contributed by atoms with Gasteiger partial charge < -0.3 is 24.2 Å². The molecule has 1 N–H and O–H groups in total. The minimum absolute atomic E-state index is 0.00790. The lowest BCUT2D eigenvalue weighted by Gasteiger charge is -2.26. The Kier molecular flexibility index (Phi) is 7.07. The highest BCUT2D eigenvalue weighted by Gasteiger charge is 2.46. The lowest BCUT2D eigenvalue weighted by molar-refractivity contribution is -0.140. The molecule has 0 aliphatic carbocycles. The van der Waals surface area contributed by atoms with Gasteiger partial charge in [-0.05, 0) is 50.6 Å². The quantitative estimate of drug-likeness (QED) is 0.285. The summed E-state index contributed by atoms with van der Waals surface area (Å²) in [4.78, 5) is 32.3. The number of likely N-dealkylation sites (tertiary alicyclic amines) is 1. The molecule has 1 aliphatic heterocycles. The van der Waals surface area contributed by atoms with Crippen LogP contribution < -0.4 is 9.47 Å². The summed E-state index contributed by atoms with van der Waals surface area (Å²) in [6, 6.07) is 9.88. The number of imidazole rings is 1. The average molecular weight is 480 g/mol. The number of aliphatic hydroxyl groups is 1. The number of hydrogen-bond acceptors (Lipinski definition) is 7. The molecule has 0 spiro atoms. The molecule has 1 aliphatic rings. The Bertz CT molecular complexity index is 1300. The minimum atomic E-state index is -0.839. The van der Waals surface area contributed by atoms with Crippen LogP contribution in [0.2, 0.25) is 0 Å². The number of carbonyl (C=O) groups excluding carboxylic acids is 2. The molecule has 2 aromatic heterocycles. The number of hydrogen-bond donors (Lipinski definition) is 1. The lowest BCUT2D eigenvalue weighted by atomic mass is 9.96. The number of fused-ring (bicyclic) bond motifs is 1. The summed E-state index contributed by atoms with van der Waals surface area (Å²) in [6.07, 6.45) is 1.75. The van der Waals surface area contributed by atoms with Gasteiger partial charge in [0.1, 0.15) is 11.3 Å². The fourth-order valence-corrected chi connectivity index (χ4v) is 4.41. The summed E-state index contributed by atoms with van der Waals surface area (Å²) in [5, 5.41) is 11.5. The molecular weight excluding hydrogens is 450 g/mol. The first-order chi connectivity index (χ1) is 16.9. The van der Waals surface area contributed by atoms with E-state index in [9.17, 15) is 14.7 Å². The number of ether oxygens (including phenoxy) is 3. The van der Waals surface area contributed by atoms with Gasteiger partial charge in [0.05, 0.1) is 37.1 Å². The van der Waals surface area contributed by atoms with E-state index < -0.39 is 17.7 Å². The molecule has 1 amide bonds. The van der Waals surface area contributed by atoms with E-state index in [1.165, 1.54) is 12.0 Å². The van der Waals surface area contributed by atoms with Crippen LogP contribution >= 0.6 is 0 Å². The van der Waals surface area contributed by atoms with Gasteiger partial charge in [0.25, 0.3) is 11.7 Å². The second-order valence-electron chi connectivity index (χ2n) is 8.03. The number of benzene rings is 1. The van der Waals surface area contributed by atoms with Crippen LogP contribution in [0, 0.1) is 6.92 Å². The zero-order valence-corrected chi connectivity index (χ0v) is 20.3. The van der Waals surface area contributed by atoms with Gasteiger partial charge >= 0.3 is 0 Å². The molecule has 1 fully saturated rings. The highest BCUT2D eigenvalue weighted by Crippen LogP contribution is 2.42. The number of aryl methyl sites for hydroxylation is 1. The number of ketones is 1. The van der Waals surface area contributed by atoms with Crippen LogP contribution in [0.5, 0.6) is 11.5 Å². The Labute approximate surface area is 203 Å². The first kappa shape index (κ1) is 24.3. The summed E-state index contributed by atoms with van der Waals surface area (Å²) in [5.41, 5.74) is 2.13. The smallest absolute Gasteiger partial charge is 0.295 e. The number of nitrogens with zero attached hydrogens (tertiary/aromatic N) is 3. The number of aliphatic hydroxyl groups excluding tert-OH is 1. The van der Waals surface area contributed by atoms with Gasteiger partial charge in [-0.3, -0.25) is 14.0 Å². The molecule has 0 bridgehead atoms. The molecular formula is C26H29N3O6. The van der Waals surface area contributed by atoms with Crippen molar-refractivity contribution in [2.24, 2.45) is 0 Å². The minimum Gasteiger partial charge on any atom is -0.505 e. The molecule has 9 nitrogen and oxygen atoms in total. The van der Waals surface area contributed by atoms with Crippen molar-refractivity contribution in [2.75, 3.05) is 33.5 Å². The predicted octanol–water partition coefficient (Wildman–Crippen LogP) is 3.51. The van der Waals surface area contributed by atoms with E-state index in [1.807, 2.05) is 19.9 Å². The Morgan fingerprint density at radius 1 is 1.09 bits per heavy atom. The topological polar surface area (TPSA) is 103 Å². The van der Waals surface area contributed by atoms with Crippen LogP contribution in [0.4, 0.5) is 0 Å². The van der Waals surface area contributed by atoms with Crippen molar-refractivity contribution in [3.05, 3.63) is 65.1 Å². The van der Waals surface area contributed by atoms with Gasteiger partial charge in [0.15, 0.2) is 17.3 Å². The monoisotopic (exact) mass is 479 g/mol. The van der Waals surface area contributed by atoms with E-state index in [1.54, 1.807) is 47.9 Å². The zero-order valence-electron chi connectivity index (χ0n) is 20.3. The second-order valence-corrected chi connectivity index (χ2v) is 8.03. The SMILES string of the molecule is CCOc1ccc(C2C(=C(O)c3c(C)nc4ccccn34)C(=O)C(=O)N2CCOC)cc1OCC. The van der Waals surface area contributed by atoms with E-state index in [4.69, 9.17) is 14.2 Å². The van der Waals surface area contributed by atoms with Crippen LogP contribution in [0.1, 0.15) is 36.8 Å². The van der Waals surface area contributed by atoms with Gasteiger partial charge in [-0.25, -0.2) is 4.98 Å². The number of aromatic nitrogens is 2. The normalized spacial score (nSPS) is 17.4. The summed E-state index contributed by atoms with van der Waals surface area (Å²) < 4.78 is 18.3. The highest BCUT2D eigenvalue weighted by atomic mass is 16.5. The molecule has 0 saturated carbocycles. The van der Waals surface area contributed by atoms with Gasteiger partial charge in [-0.2, -0.15) is 0 Å². The maximum absolute atomic E-state index is 13.3. The third-order valence-corrected chi connectivity index (χ3v) is 5.89. The number of rotatable bonds is 9. The molecule has 1 unspecified atom stereocenters. The van der Waals surface area contributed by atoms with E-state index in [2.05, 4.69) is 4.98 Å². The highest BCUT2D eigenvalue weighted by molar-refractivity contribution is 6.46. The molecule has 0 radical (unpaired) electrons. The van der Waals surface area contributed by atoms with Crippen LogP contribution in [-0.2, 0) is 14.3 Å². The molecule has 184 valence electrons. The summed E-state index contributed by atoms with van der Waals surface area (Å²) in [6.45, 7) is 6.76. The molecule has 1 saturated heterocycles. The lowest BCUT2D eigenvalue weighted by Crippen LogP contribution is -2.32. The first-order valence-corrected chi connectivity index (χ1v) is 11.5. The summed E-state index contributed by atoms with van der Waals surface area (Å²) in [7, 11) is 1.53. The third-order valence-electron chi connectivity index (χ3n) is 5.89. The molecule has 35 heavy (non-hydrogen) atoms. The fraction of sp³-hybridized carbons (Fsp3) is 0.346. The molecule has 1 aromatic carbocycles.